The van der Waals surface area contributed by atoms with Crippen LogP contribution in [0.2, 0.25) is 0 Å². The lowest BCUT2D eigenvalue weighted by atomic mass is 9.80. The summed E-state index contributed by atoms with van der Waals surface area (Å²) in [5.74, 6) is 2.98. The summed E-state index contributed by atoms with van der Waals surface area (Å²) in [5.41, 5.74) is -0.918. The maximum absolute atomic E-state index is 15.0. The lowest BCUT2D eigenvalue weighted by Crippen LogP contribution is -2.13. The van der Waals surface area contributed by atoms with E-state index in [1.807, 2.05) is 0 Å². The Bertz CT molecular complexity index is 1340. The van der Waals surface area contributed by atoms with Crippen molar-refractivity contribution in [1.82, 2.24) is 0 Å². The summed E-state index contributed by atoms with van der Waals surface area (Å²) in [6.45, 7) is 2.20. The van der Waals surface area contributed by atoms with E-state index in [0.29, 0.717) is 0 Å². The highest BCUT2D eigenvalue weighted by molar-refractivity contribution is 5.90. The lowest BCUT2D eigenvalue weighted by molar-refractivity contribution is 0.294. The molecule has 1 saturated carbocycles. The molecule has 0 spiro atoms. The molecule has 4 rings (SSSR count). The SMILES string of the molecule is CCCCCC1CCC(C#Cc2cc(F)c(-c3ccc4c(F)c(C=C(F)F)c(F)cc4c3)c(F)c2)CC1. The normalized spacial score (nSPS) is 17.4. The molecule has 0 radical (unpaired) electrons. The highest BCUT2D eigenvalue weighted by Gasteiger charge is 2.20. The Morgan fingerprint density at radius 3 is 2.24 bits per heavy atom. The number of hydrogen-bond donors (Lipinski definition) is 0. The van der Waals surface area contributed by atoms with Gasteiger partial charge in [0.05, 0.1) is 11.1 Å². The predicted octanol–water partition coefficient (Wildman–Crippen LogP) is 10.0. The second kappa shape index (κ2) is 11.9. The van der Waals surface area contributed by atoms with Crippen molar-refractivity contribution in [2.75, 3.05) is 0 Å². The van der Waals surface area contributed by atoms with E-state index in [0.717, 1.165) is 49.8 Å². The molecule has 1 fully saturated rings. The van der Waals surface area contributed by atoms with E-state index >= 15 is 0 Å². The minimum atomic E-state index is -2.24. The number of benzene rings is 3. The molecule has 0 unspecified atom stereocenters. The highest BCUT2D eigenvalue weighted by Crippen LogP contribution is 2.34. The molecule has 6 heteroatoms. The van der Waals surface area contributed by atoms with Gasteiger partial charge in [-0.25, -0.2) is 17.6 Å². The quantitative estimate of drug-likeness (QED) is 0.174. The highest BCUT2D eigenvalue weighted by atomic mass is 19.3. The first kappa shape index (κ1) is 26.9. The minimum absolute atomic E-state index is 0.00289. The van der Waals surface area contributed by atoms with E-state index < -0.39 is 34.9 Å². The van der Waals surface area contributed by atoms with Crippen LogP contribution >= 0.6 is 0 Å². The number of rotatable bonds is 6. The molecule has 0 N–H and O–H groups in total. The van der Waals surface area contributed by atoms with Crippen LogP contribution in [0.4, 0.5) is 26.3 Å². The molecule has 37 heavy (non-hydrogen) atoms. The summed E-state index contributed by atoms with van der Waals surface area (Å²) in [4.78, 5) is 0. The van der Waals surface area contributed by atoms with Crippen molar-refractivity contribution in [1.29, 1.82) is 0 Å². The van der Waals surface area contributed by atoms with Gasteiger partial charge < -0.3 is 0 Å². The number of unbranched alkanes of at least 4 members (excludes halogenated alkanes) is 2. The Labute approximate surface area is 213 Å². The Morgan fingerprint density at radius 2 is 1.59 bits per heavy atom. The fourth-order valence-electron chi connectivity index (χ4n) is 5.13. The molecule has 1 aliphatic rings. The number of halogens is 6. The molecular formula is C31H28F6. The summed E-state index contributed by atoms with van der Waals surface area (Å²) in [7, 11) is 0. The third-order valence-corrected chi connectivity index (χ3v) is 7.13. The van der Waals surface area contributed by atoms with E-state index in [1.165, 1.54) is 43.9 Å². The first-order chi connectivity index (χ1) is 17.8. The third-order valence-electron chi connectivity index (χ3n) is 7.13. The smallest absolute Gasteiger partial charge is 0.206 e. The van der Waals surface area contributed by atoms with Crippen LogP contribution in [0.25, 0.3) is 28.0 Å². The molecule has 1 aliphatic carbocycles. The molecule has 3 aromatic rings. The number of hydrogen-bond acceptors (Lipinski definition) is 0. The van der Waals surface area contributed by atoms with Gasteiger partial charge in [0.2, 0.25) is 0 Å². The van der Waals surface area contributed by atoms with Gasteiger partial charge in [0.1, 0.15) is 23.3 Å². The monoisotopic (exact) mass is 514 g/mol. The van der Waals surface area contributed by atoms with Crippen molar-refractivity contribution in [2.45, 2.75) is 58.3 Å². The first-order valence-corrected chi connectivity index (χ1v) is 12.7. The van der Waals surface area contributed by atoms with Crippen LogP contribution in [-0.2, 0) is 0 Å². The van der Waals surface area contributed by atoms with E-state index in [-0.39, 0.29) is 39.5 Å². The van der Waals surface area contributed by atoms with Crippen LogP contribution in [0.3, 0.4) is 0 Å². The Kier molecular flexibility index (Phi) is 8.63. The van der Waals surface area contributed by atoms with Crippen molar-refractivity contribution >= 4 is 16.8 Å². The molecule has 0 bridgehead atoms. The van der Waals surface area contributed by atoms with Crippen molar-refractivity contribution in [2.24, 2.45) is 11.8 Å². The maximum Gasteiger partial charge on any atom is 0.271 e. The zero-order chi connectivity index (χ0) is 26.5. The molecule has 0 atom stereocenters. The largest absolute Gasteiger partial charge is 0.271 e. The molecule has 0 nitrogen and oxygen atoms in total. The topological polar surface area (TPSA) is 0 Å². The minimum Gasteiger partial charge on any atom is -0.206 e. The van der Waals surface area contributed by atoms with Crippen molar-refractivity contribution in [3.05, 3.63) is 76.9 Å². The van der Waals surface area contributed by atoms with Crippen molar-refractivity contribution < 1.29 is 26.3 Å². The number of fused-ring (bicyclic) bond motifs is 1. The van der Waals surface area contributed by atoms with Gasteiger partial charge in [-0.15, -0.1) is 0 Å². The summed E-state index contributed by atoms with van der Waals surface area (Å²) in [6, 6.07) is 6.88. The van der Waals surface area contributed by atoms with Crippen LogP contribution in [0.5, 0.6) is 0 Å². The summed E-state index contributed by atoms with van der Waals surface area (Å²) >= 11 is 0. The molecular weight excluding hydrogens is 486 g/mol. The Morgan fingerprint density at radius 1 is 0.892 bits per heavy atom. The first-order valence-electron chi connectivity index (χ1n) is 12.7. The molecule has 0 amide bonds. The van der Waals surface area contributed by atoms with E-state index in [4.69, 9.17) is 0 Å². The lowest BCUT2D eigenvalue weighted by Gasteiger charge is -2.25. The average Bonchev–Trinajstić information content (AvgIpc) is 2.85. The summed E-state index contributed by atoms with van der Waals surface area (Å²) in [6.07, 6.45) is 7.12. The summed E-state index contributed by atoms with van der Waals surface area (Å²) in [5, 5.41) is -0.141. The zero-order valence-corrected chi connectivity index (χ0v) is 20.6. The third kappa shape index (κ3) is 6.39. The molecule has 3 aromatic carbocycles. The van der Waals surface area contributed by atoms with Gasteiger partial charge in [0, 0.05) is 22.9 Å². The molecule has 0 heterocycles. The predicted molar refractivity (Wildman–Crippen MR) is 136 cm³/mol. The second-order valence-corrected chi connectivity index (χ2v) is 9.75. The van der Waals surface area contributed by atoms with Crippen LogP contribution in [-0.4, -0.2) is 0 Å². The van der Waals surface area contributed by atoms with Gasteiger partial charge in [-0.05, 0) is 66.8 Å². The van der Waals surface area contributed by atoms with Gasteiger partial charge >= 0.3 is 0 Å². The average molecular weight is 515 g/mol. The van der Waals surface area contributed by atoms with Crippen LogP contribution in [0.15, 0.2) is 42.5 Å². The Balaban J connectivity index is 1.54. The van der Waals surface area contributed by atoms with Gasteiger partial charge in [-0.1, -0.05) is 56.6 Å². The van der Waals surface area contributed by atoms with Gasteiger partial charge in [0.25, 0.3) is 6.08 Å². The van der Waals surface area contributed by atoms with Gasteiger partial charge in [-0.3, -0.25) is 0 Å². The van der Waals surface area contributed by atoms with E-state index in [9.17, 15) is 26.3 Å². The fraction of sp³-hybridized carbons (Fsp3) is 0.355. The van der Waals surface area contributed by atoms with E-state index in [2.05, 4.69) is 18.8 Å². The standard InChI is InChI=1S/C31H28F6/c1-2-3-4-5-19-6-8-20(9-7-19)10-11-21-14-27(33)30(28(34)15-21)22-12-13-24-23(16-22)17-26(32)25(31(24)37)18-29(35)36/h12-20H,2-9H2,1H3. The molecule has 194 valence electrons. The van der Waals surface area contributed by atoms with Gasteiger partial charge in [-0.2, -0.15) is 8.78 Å². The molecule has 0 saturated heterocycles. The zero-order valence-electron chi connectivity index (χ0n) is 20.6. The summed E-state index contributed by atoms with van der Waals surface area (Å²) < 4.78 is 83.9. The second-order valence-electron chi connectivity index (χ2n) is 9.75. The van der Waals surface area contributed by atoms with Crippen LogP contribution in [0, 0.1) is 46.9 Å². The van der Waals surface area contributed by atoms with Crippen molar-refractivity contribution in [3.63, 3.8) is 0 Å². The van der Waals surface area contributed by atoms with Crippen LogP contribution in [0.1, 0.15) is 69.4 Å². The molecule has 0 aromatic heterocycles. The maximum atomic E-state index is 15.0. The van der Waals surface area contributed by atoms with Crippen LogP contribution < -0.4 is 0 Å². The van der Waals surface area contributed by atoms with Gasteiger partial charge in [0.15, 0.2) is 0 Å². The molecule has 0 aliphatic heterocycles. The Hall–Kier alpha value is -3.20. The fourth-order valence-corrected chi connectivity index (χ4v) is 5.13. The van der Waals surface area contributed by atoms with E-state index in [1.54, 1.807) is 0 Å². The van der Waals surface area contributed by atoms with Crippen molar-refractivity contribution in [3.8, 4) is 23.0 Å².